The molecule has 3 aliphatic rings. The van der Waals surface area contributed by atoms with Crippen molar-refractivity contribution in [1.82, 2.24) is 0 Å². The van der Waals surface area contributed by atoms with Gasteiger partial charge in [-0.05, 0) is 62.5 Å². The molecule has 15 atom stereocenters. The number of ether oxygens (including phenoxy) is 14. The van der Waals surface area contributed by atoms with E-state index in [2.05, 4.69) is 10.0 Å². The molecule has 98 heavy (non-hydrogen) atoms. The Bertz CT molecular complexity index is 3730. The van der Waals surface area contributed by atoms with E-state index in [1.54, 1.807) is 0 Å². The maximum Gasteiger partial charge on any atom is 0.187 e. The van der Waals surface area contributed by atoms with Gasteiger partial charge < -0.3 is 66.3 Å². The molecule has 0 bridgehead atoms. The zero-order valence-corrected chi connectivity index (χ0v) is 55.0. The van der Waals surface area contributed by atoms with E-state index in [4.69, 9.17) is 66.3 Å². The number of rotatable bonds is 34. The summed E-state index contributed by atoms with van der Waals surface area (Å²) in [5.74, 6) is 0. The van der Waals surface area contributed by atoms with Gasteiger partial charge in [0.2, 0.25) is 0 Å². The molecule has 0 aliphatic carbocycles. The molecule has 9 aromatic rings. The second-order valence-corrected chi connectivity index (χ2v) is 24.6. The number of nitrogens with zero attached hydrogens (tertiary/aromatic N) is 3. The Morgan fingerprint density at radius 2 is 0.531 bits per heavy atom. The summed E-state index contributed by atoms with van der Waals surface area (Å²) in [5, 5.41) is 4.32. The van der Waals surface area contributed by atoms with Crippen molar-refractivity contribution in [3.63, 3.8) is 0 Å². The van der Waals surface area contributed by atoms with Crippen LogP contribution in [0.2, 0.25) is 0 Å². The molecule has 508 valence electrons. The SMILES string of the molecule is C[C@H]1O[C@H](O[C@H]2[C@H](OCc3ccccc3)[C@@H](OCc3ccccc3)[C@@H](O[C@H]3[C@H](OCc4ccccc4)[C@@H](OCc4ccccc4)[C@H](OCc4ccccc4)O[C@@H]3COCc3ccccc3)O[C@@H]2COCc2ccccc2)[C@H](OCc2ccccc2)[C@@H](OCc2ccccc2)[C@@H]1N=[N+]=[N-]. The van der Waals surface area contributed by atoms with Crippen LogP contribution in [-0.4, -0.2) is 105 Å². The van der Waals surface area contributed by atoms with Crippen LogP contribution in [0.15, 0.2) is 278 Å². The van der Waals surface area contributed by atoms with Gasteiger partial charge in [-0.25, -0.2) is 0 Å². The molecule has 0 saturated carbocycles. The number of hydrogen-bond acceptors (Lipinski definition) is 15. The zero-order valence-electron chi connectivity index (χ0n) is 55.0. The summed E-state index contributed by atoms with van der Waals surface area (Å²) in [6.45, 7) is 3.39. The highest BCUT2D eigenvalue weighted by Gasteiger charge is 2.57. The Morgan fingerprint density at radius 3 is 0.847 bits per heavy atom. The molecule has 0 N–H and O–H groups in total. The van der Waals surface area contributed by atoms with Crippen molar-refractivity contribution in [2.24, 2.45) is 5.11 Å². The first-order chi connectivity index (χ1) is 48.5. The summed E-state index contributed by atoms with van der Waals surface area (Å²) in [6, 6.07) is 88.4. The molecule has 3 aliphatic heterocycles. The predicted molar refractivity (Wildman–Crippen MR) is 368 cm³/mol. The van der Waals surface area contributed by atoms with E-state index in [-0.39, 0.29) is 72.7 Å². The van der Waals surface area contributed by atoms with Crippen LogP contribution in [0.3, 0.4) is 0 Å². The zero-order chi connectivity index (χ0) is 66.8. The second kappa shape index (κ2) is 37.1. The van der Waals surface area contributed by atoms with Gasteiger partial charge in [0.1, 0.15) is 61.0 Å². The van der Waals surface area contributed by atoms with Crippen molar-refractivity contribution in [1.29, 1.82) is 0 Å². The van der Waals surface area contributed by atoms with E-state index < -0.39 is 92.1 Å². The van der Waals surface area contributed by atoms with Crippen LogP contribution in [0, 0.1) is 0 Å². The Labute approximate surface area is 573 Å². The van der Waals surface area contributed by atoms with Gasteiger partial charge in [0.05, 0.1) is 84.8 Å². The van der Waals surface area contributed by atoms with Crippen LogP contribution >= 0.6 is 0 Å². The van der Waals surface area contributed by atoms with Crippen LogP contribution in [0.25, 0.3) is 10.4 Å². The van der Waals surface area contributed by atoms with Gasteiger partial charge in [0.15, 0.2) is 18.9 Å². The number of benzene rings is 9. The summed E-state index contributed by atoms with van der Waals surface area (Å²) in [6.07, 6.45) is -14.1. The van der Waals surface area contributed by atoms with Gasteiger partial charge in [-0.1, -0.05) is 278 Å². The molecular weight excluding hydrogens is 1240 g/mol. The van der Waals surface area contributed by atoms with Crippen molar-refractivity contribution < 1.29 is 66.3 Å². The van der Waals surface area contributed by atoms with Gasteiger partial charge in [-0.15, -0.1) is 0 Å². The topological polar surface area (TPSA) is 178 Å². The fourth-order valence-electron chi connectivity index (χ4n) is 12.4. The minimum atomic E-state index is -1.29. The van der Waals surface area contributed by atoms with Crippen molar-refractivity contribution >= 4 is 0 Å². The highest BCUT2D eigenvalue weighted by Crippen LogP contribution is 2.40. The van der Waals surface area contributed by atoms with Crippen molar-refractivity contribution in [2.75, 3.05) is 13.2 Å². The third kappa shape index (κ3) is 20.0. The lowest BCUT2D eigenvalue weighted by Crippen LogP contribution is -2.67. The standard InChI is InChI=1S/C81H85N3O14/c1-58-70(83-84-82)73(87-49-61-33-15-4-16-34-61)76(90-52-64-39-21-7-22-40-64)80(94-58)97-72-69(57-86-48-60-31-13-3-14-32-60)96-81(78(92-54-66-43-25-9-26-44-66)75(72)89-51-63-37-19-6-20-38-63)98-71-68(56-85-47-59-29-11-2-12-30-59)95-79(93-55-67-45-27-10-28-46-67)77(91-53-65-41-23-8-24-42-65)74(71)88-50-62-35-17-5-18-36-62/h2-46,58,68-81H,47-57H2,1H3/t58-,68-,69-,70-,71-,72-,73+,74+,75+,76-,77-,78-,79-,80-,81-/m1/s1. The maximum absolute atomic E-state index is 10.2. The molecule has 0 aromatic heterocycles. The lowest BCUT2D eigenvalue weighted by molar-refractivity contribution is -0.391. The first-order valence-electron chi connectivity index (χ1n) is 33.6. The first kappa shape index (κ1) is 69.6. The Hall–Kier alpha value is -8.27. The molecule has 9 aromatic carbocycles. The Kier molecular flexibility index (Phi) is 26.3. The van der Waals surface area contributed by atoms with E-state index in [0.29, 0.717) is 0 Å². The Morgan fingerprint density at radius 1 is 0.286 bits per heavy atom. The highest BCUT2D eigenvalue weighted by atomic mass is 16.8. The van der Waals surface area contributed by atoms with Crippen molar-refractivity contribution in [3.8, 4) is 0 Å². The first-order valence-corrected chi connectivity index (χ1v) is 33.6. The fourth-order valence-corrected chi connectivity index (χ4v) is 12.4. The average Bonchev–Trinajstić information content (AvgIpc) is 0.767. The van der Waals surface area contributed by atoms with E-state index >= 15 is 0 Å². The van der Waals surface area contributed by atoms with E-state index in [1.165, 1.54) is 0 Å². The summed E-state index contributed by atoms with van der Waals surface area (Å²) < 4.78 is 101. The number of azide groups is 1. The normalized spacial score (nSPS) is 25.5. The van der Waals surface area contributed by atoms with Gasteiger partial charge in [0.25, 0.3) is 0 Å². The summed E-state index contributed by atoms with van der Waals surface area (Å²) >= 11 is 0. The molecular formula is C81H85N3O14. The minimum absolute atomic E-state index is 0.0266. The van der Waals surface area contributed by atoms with E-state index in [0.717, 1.165) is 50.1 Å². The van der Waals surface area contributed by atoms with Gasteiger partial charge in [0, 0.05) is 4.91 Å². The third-order valence-corrected chi connectivity index (χ3v) is 17.5. The lowest BCUT2D eigenvalue weighted by atomic mass is 9.94. The maximum atomic E-state index is 10.2. The molecule has 3 heterocycles. The van der Waals surface area contributed by atoms with Crippen molar-refractivity contribution in [3.05, 3.63) is 334 Å². The lowest BCUT2D eigenvalue weighted by Gasteiger charge is -2.51. The smallest absolute Gasteiger partial charge is 0.187 e. The molecule has 0 radical (unpaired) electrons. The quantitative estimate of drug-likeness (QED) is 0.0211. The predicted octanol–water partition coefficient (Wildman–Crippen LogP) is 14.8. The van der Waals surface area contributed by atoms with Crippen LogP contribution in [-0.2, 0) is 126 Å². The van der Waals surface area contributed by atoms with Crippen molar-refractivity contribution in [2.45, 2.75) is 158 Å². The van der Waals surface area contributed by atoms with Crippen LogP contribution in [0.5, 0.6) is 0 Å². The second-order valence-electron chi connectivity index (χ2n) is 24.6. The van der Waals surface area contributed by atoms with Gasteiger partial charge in [-0.2, -0.15) is 0 Å². The fraction of sp³-hybridized carbons (Fsp3) is 0.333. The number of hydrogen-bond donors (Lipinski definition) is 0. The molecule has 3 saturated heterocycles. The molecule has 0 amide bonds. The summed E-state index contributed by atoms with van der Waals surface area (Å²) in [7, 11) is 0. The molecule has 3 fully saturated rings. The van der Waals surface area contributed by atoms with E-state index in [9.17, 15) is 5.53 Å². The largest absolute Gasteiger partial charge is 0.374 e. The van der Waals surface area contributed by atoms with Crippen LogP contribution in [0.1, 0.15) is 57.0 Å². The van der Waals surface area contributed by atoms with Gasteiger partial charge >= 0.3 is 0 Å². The monoisotopic (exact) mass is 1320 g/mol. The summed E-state index contributed by atoms with van der Waals surface area (Å²) in [4.78, 5) is 3.32. The van der Waals surface area contributed by atoms with Gasteiger partial charge in [-0.3, -0.25) is 0 Å². The van der Waals surface area contributed by atoms with Crippen LogP contribution < -0.4 is 0 Å². The third-order valence-electron chi connectivity index (χ3n) is 17.5. The average molecular weight is 1320 g/mol. The minimum Gasteiger partial charge on any atom is -0.374 e. The molecule has 12 rings (SSSR count). The van der Waals surface area contributed by atoms with E-state index in [1.807, 2.05) is 280 Å². The van der Waals surface area contributed by atoms with Crippen LogP contribution in [0.4, 0.5) is 0 Å². The summed E-state index contributed by atoms with van der Waals surface area (Å²) in [5.41, 5.74) is 18.5. The Balaban J connectivity index is 0.974. The molecule has 0 unspecified atom stereocenters. The highest BCUT2D eigenvalue weighted by molar-refractivity contribution is 5.21. The molecule has 0 spiro atoms. The molecule has 17 heteroatoms. The molecule has 17 nitrogen and oxygen atoms in total.